The summed E-state index contributed by atoms with van der Waals surface area (Å²) in [6, 6.07) is 9.77. The van der Waals surface area contributed by atoms with E-state index >= 15 is 0 Å². The van der Waals surface area contributed by atoms with Gasteiger partial charge in [0.15, 0.2) is 0 Å². The van der Waals surface area contributed by atoms with E-state index in [1.54, 1.807) is 0 Å². The van der Waals surface area contributed by atoms with Crippen LogP contribution < -0.4 is 5.32 Å². The number of aliphatic hydroxyl groups is 2. The van der Waals surface area contributed by atoms with Gasteiger partial charge in [-0.15, -0.1) is 0 Å². The molecule has 0 radical (unpaired) electrons. The van der Waals surface area contributed by atoms with Crippen molar-refractivity contribution in [2.24, 2.45) is 0 Å². The van der Waals surface area contributed by atoms with Crippen molar-refractivity contribution >= 4 is 5.91 Å². The second-order valence-electron chi connectivity index (χ2n) is 4.26. The van der Waals surface area contributed by atoms with Crippen LogP contribution in [0, 0.1) is 0 Å². The number of benzene rings is 1. The van der Waals surface area contributed by atoms with Gasteiger partial charge in [-0.3, -0.25) is 4.79 Å². The highest BCUT2D eigenvalue weighted by Crippen LogP contribution is 2.14. The van der Waals surface area contributed by atoms with Gasteiger partial charge in [-0.1, -0.05) is 30.3 Å². The fourth-order valence-corrected chi connectivity index (χ4v) is 1.75. The molecule has 94 valence electrons. The van der Waals surface area contributed by atoms with E-state index in [-0.39, 0.29) is 19.1 Å². The lowest BCUT2D eigenvalue weighted by Crippen LogP contribution is -2.53. The first-order valence-electron chi connectivity index (χ1n) is 5.66. The topological polar surface area (TPSA) is 69.6 Å². The van der Waals surface area contributed by atoms with Crippen LogP contribution in [0.4, 0.5) is 0 Å². The zero-order valence-corrected chi connectivity index (χ0v) is 10.0. The molecule has 0 unspecified atom stereocenters. The highest BCUT2D eigenvalue weighted by atomic mass is 16.3. The Morgan fingerprint density at radius 2 is 1.82 bits per heavy atom. The van der Waals surface area contributed by atoms with Crippen molar-refractivity contribution in [3.05, 3.63) is 35.9 Å². The number of aliphatic hydroxyl groups excluding tert-OH is 2. The molecule has 0 bridgehead atoms. The van der Waals surface area contributed by atoms with E-state index in [1.807, 2.05) is 30.3 Å². The Kier molecular flexibility index (Phi) is 5.12. The van der Waals surface area contributed by atoms with Crippen LogP contribution in [-0.4, -0.2) is 34.9 Å². The molecule has 17 heavy (non-hydrogen) atoms. The lowest BCUT2D eigenvalue weighted by atomic mass is 9.92. The highest BCUT2D eigenvalue weighted by Gasteiger charge is 2.29. The lowest BCUT2D eigenvalue weighted by molar-refractivity contribution is -0.122. The van der Waals surface area contributed by atoms with Crippen LogP contribution in [-0.2, 0) is 11.2 Å². The van der Waals surface area contributed by atoms with Gasteiger partial charge in [0.25, 0.3) is 0 Å². The van der Waals surface area contributed by atoms with Crippen LogP contribution in [0.25, 0.3) is 0 Å². The molecular formula is C13H19NO3. The molecule has 0 aromatic heterocycles. The number of nitrogens with one attached hydrogen (secondary N) is 1. The fraction of sp³-hybridized carbons (Fsp3) is 0.462. The van der Waals surface area contributed by atoms with Crippen LogP contribution in [0.2, 0.25) is 0 Å². The van der Waals surface area contributed by atoms with E-state index in [0.29, 0.717) is 12.8 Å². The summed E-state index contributed by atoms with van der Waals surface area (Å²) in [7, 11) is 0. The van der Waals surface area contributed by atoms with Gasteiger partial charge in [0.2, 0.25) is 5.91 Å². The number of carbonyl (C=O) groups is 1. The van der Waals surface area contributed by atoms with E-state index < -0.39 is 5.54 Å². The number of hydrogen-bond donors (Lipinski definition) is 3. The van der Waals surface area contributed by atoms with Crippen LogP contribution in [0.5, 0.6) is 0 Å². The maximum atomic E-state index is 11.1. The Morgan fingerprint density at radius 3 is 2.29 bits per heavy atom. The zero-order valence-electron chi connectivity index (χ0n) is 10.0. The van der Waals surface area contributed by atoms with Crippen LogP contribution in [0.15, 0.2) is 30.3 Å². The first kappa shape index (κ1) is 13.7. The molecule has 0 aliphatic heterocycles. The normalized spacial score (nSPS) is 11.2. The molecule has 1 aromatic carbocycles. The SMILES string of the molecule is CC(=O)NC(CO)(CO)CCc1ccccc1. The quantitative estimate of drug-likeness (QED) is 0.674. The maximum Gasteiger partial charge on any atom is 0.217 e. The van der Waals surface area contributed by atoms with Gasteiger partial charge in [0.1, 0.15) is 0 Å². The molecule has 0 fully saturated rings. The smallest absolute Gasteiger partial charge is 0.217 e. The Morgan fingerprint density at radius 1 is 1.24 bits per heavy atom. The van der Waals surface area contributed by atoms with Gasteiger partial charge >= 0.3 is 0 Å². The van der Waals surface area contributed by atoms with Crippen LogP contribution in [0.3, 0.4) is 0 Å². The van der Waals surface area contributed by atoms with Crippen LogP contribution in [0.1, 0.15) is 18.9 Å². The Balaban J connectivity index is 2.64. The Labute approximate surface area is 101 Å². The second kappa shape index (κ2) is 6.37. The maximum absolute atomic E-state index is 11.1. The number of rotatable bonds is 6. The molecule has 0 aliphatic carbocycles. The van der Waals surface area contributed by atoms with Gasteiger partial charge in [0, 0.05) is 6.92 Å². The monoisotopic (exact) mass is 237 g/mol. The average Bonchev–Trinajstić information content (AvgIpc) is 2.35. The number of aryl methyl sites for hydroxylation is 1. The van der Waals surface area contributed by atoms with Gasteiger partial charge in [0.05, 0.1) is 18.8 Å². The number of amides is 1. The highest BCUT2D eigenvalue weighted by molar-refractivity contribution is 5.73. The van der Waals surface area contributed by atoms with E-state index in [2.05, 4.69) is 5.32 Å². The first-order chi connectivity index (χ1) is 8.12. The van der Waals surface area contributed by atoms with Crippen molar-refractivity contribution in [3.63, 3.8) is 0 Å². The summed E-state index contributed by atoms with van der Waals surface area (Å²) in [4.78, 5) is 11.1. The largest absolute Gasteiger partial charge is 0.394 e. The summed E-state index contributed by atoms with van der Waals surface area (Å²) < 4.78 is 0. The molecule has 0 heterocycles. The second-order valence-corrected chi connectivity index (χ2v) is 4.26. The molecule has 4 heteroatoms. The lowest BCUT2D eigenvalue weighted by Gasteiger charge is -2.30. The molecule has 0 aliphatic rings. The molecule has 1 amide bonds. The standard InChI is InChI=1S/C13H19NO3/c1-11(17)14-13(9-15,10-16)8-7-12-5-3-2-4-6-12/h2-6,15-16H,7-10H2,1H3,(H,14,17). The summed E-state index contributed by atoms with van der Waals surface area (Å²) in [5, 5.41) is 21.3. The van der Waals surface area contributed by atoms with Gasteiger partial charge in [-0.2, -0.15) is 0 Å². The third kappa shape index (κ3) is 4.17. The van der Waals surface area contributed by atoms with Crippen molar-refractivity contribution in [2.45, 2.75) is 25.3 Å². The molecular weight excluding hydrogens is 218 g/mol. The number of hydrogen-bond acceptors (Lipinski definition) is 3. The van der Waals surface area contributed by atoms with E-state index in [9.17, 15) is 15.0 Å². The van der Waals surface area contributed by atoms with Crippen LogP contribution >= 0.6 is 0 Å². The fourth-order valence-electron chi connectivity index (χ4n) is 1.75. The van der Waals surface area contributed by atoms with Crippen molar-refractivity contribution in [3.8, 4) is 0 Å². The molecule has 0 saturated heterocycles. The summed E-state index contributed by atoms with van der Waals surface area (Å²) in [6.07, 6.45) is 1.20. The summed E-state index contributed by atoms with van der Waals surface area (Å²) in [5.41, 5.74) is 0.186. The Hall–Kier alpha value is -1.39. The third-order valence-corrected chi connectivity index (χ3v) is 2.78. The predicted octanol–water partition coefficient (Wildman–Crippen LogP) is 0.479. The van der Waals surface area contributed by atoms with E-state index in [1.165, 1.54) is 6.92 Å². The molecule has 0 atom stereocenters. The van der Waals surface area contributed by atoms with Crippen molar-refractivity contribution in [2.75, 3.05) is 13.2 Å². The first-order valence-corrected chi connectivity index (χ1v) is 5.66. The molecule has 0 saturated carbocycles. The molecule has 1 aromatic rings. The molecule has 1 rings (SSSR count). The molecule has 4 nitrogen and oxygen atoms in total. The average molecular weight is 237 g/mol. The van der Waals surface area contributed by atoms with Gasteiger partial charge < -0.3 is 15.5 Å². The van der Waals surface area contributed by atoms with E-state index in [4.69, 9.17) is 0 Å². The third-order valence-electron chi connectivity index (χ3n) is 2.78. The summed E-state index contributed by atoms with van der Waals surface area (Å²) >= 11 is 0. The van der Waals surface area contributed by atoms with Crippen molar-refractivity contribution < 1.29 is 15.0 Å². The van der Waals surface area contributed by atoms with Crippen molar-refractivity contribution in [1.29, 1.82) is 0 Å². The van der Waals surface area contributed by atoms with Crippen molar-refractivity contribution in [1.82, 2.24) is 5.32 Å². The molecule has 0 spiro atoms. The minimum Gasteiger partial charge on any atom is -0.394 e. The minimum absolute atomic E-state index is 0.249. The summed E-state index contributed by atoms with van der Waals surface area (Å²) in [5.74, 6) is -0.249. The molecule has 3 N–H and O–H groups in total. The summed E-state index contributed by atoms with van der Waals surface area (Å²) in [6.45, 7) is 0.842. The minimum atomic E-state index is -0.929. The Bertz CT molecular complexity index is 347. The number of carbonyl (C=O) groups excluding carboxylic acids is 1. The van der Waals surface area contributed by atoms with Gasteiger partial charge in [-0.05, 0) is 18.4 Å². The zero-order chi connectivity index (χ0) is 12.7. The van der Waals surface area contributed by atoms with Gasteiger partial charge in [-0.25, -0.2) is 0 Å². The van der Waals surface area contributed by atoms with E-state index in [0.717, 1.165) is 5.56 Å². The predicted molar refractivity (Wildman–Crippen MR) is 65.5 cm³/mol.